The molecular weight excluding hydrogens is 272 g/mol. The highest BCUT2D eigenvalue weighted by Gasteiger charge is 2.11. The molecule has 3 rings (SSSR count). The van der Waals surface area contributed by atoms with Gasteiger partial charge in [0.05, 0.1) is 11.2 Å². The van der Waals surface area contributed by atoms with Crippen LogP contribution in [0.15, 0.2) is 48.5 Å². The standard InChI is InChI=1S/C19H18N2O/c1-12-9-13(2)18-16(10-12)17(11-14(3)20-18)21-19(22)15-7-5-4-6-8-15/h4-11H,1-3H3,(H,20,21,22). The van der Waals surface area contributed by atoms with Crippen LogP contribution in [0.2, 0.25) is 0 Å². The molecule has 0 saturated carbocycles. The fourth-order valence-corrected chi connectivity index (χ4v) is 2.70. The molecule has 0 spiro atoms. The molecule has 1 aromatic heterocycles. The first kappa shape index (κ1) is 14.3. The molecule has 3 heteroatoms. The first-order valence-electron chi connectivity index (χ1n) is 7.29. The fraction of sp³-hybridized carbons (Fsp3) is 0.158. The normalized spacial score (nSPS) is 10.7. The topological polar surface area (TPSA) is 42.0 Å². The van der Waals surface area contributed by atoms with Crippen LogP contribution in [-0.2, 0) is 0 Å². The first-order chi connectivity index (χ1) is 10.5. The molecule has 0 aliphatic rings. The second kappa shape index (κ2) is 5.60. The molecule has 0 saturated heterocycles. The molecule has 1 amide bonds. The molecule has 0 unspecified atom stereocenters. The third-order valence-electron chi connectivity index (χ3n) is 3.66. The number of nitrogens with zero attached hydrogens (tertiary/aromatic N) is 1. The summed E-state index contributed by atoms with van der Waals surface area (Å²) in [5, 5.41) is 4.00. The second-order valence-electron chi connectivity index (χ2n) is 5.61. The lowest BCUT2D eigenvalue weighted by molar-refractivity contribution is 0.102. The van der Waals surface area contributed by atoms with Gasteiger partial charge >= 0.3 is 0 Å². The highest BCUT2D eigenvalue weighted by Crippen LogP contribution is 2.27. The predicted molar refractivity (Wildman–Crippen MR) is 90.3 cm³/mol. The lowest BCUT2D eigenvalue weighted by Gasteiger charge is -2.12. The highest BCUT2D eigenvalue weighted by atomic mass is 16.1. The second-order valence-corrected chi connectivity index (χ2v) is 5.61. The van der Waals surface area contributed by atoms with Crippen molar-refractivity contribution in [2.45, 2.75) is 20.8 Å². The van der Waals surface area contributed by atoms with Crippen molar-refractivity contribution in [3.63, 3.8) is 0 Å². The van der Waals surface area contributed by atoms with Crippen LogP contribution in [-0.4, -0.2) is 10.9 Å². The van der Waals surface area contributed by atoms with E-state index in [0.29, 0.717) is 5.56 Å². The SMILES string of the molecule is Cc1cc(C)c2nc(C)cc(NC(=O)c3ccccc3)c2c1. The molecule has 0 fully saturated rings. The number of aromatic nitrogens is 1. The number of carbonyl (C=O) groups is 1. The van der Waals surface area contributed by atoms with Crippen LogP contribution in [0.3, 0.4) is 0 Å². The fourth-order valence-electron chi connectivity index (χ4n) is 2.70. The maximum Gasteiger partial charge on any atom is 0.255 e. The van der Waals surface area contributed by atoms with E-state index in [1.54, 1.807) is 0 Å². The van der Waals surface area contributed by atoms with Gasteiger partial charge in [-0.05, 0) is 50.6 Å². The molecule has 0 aliphatic heterocycles. The Labute approximate surface area is 130 Å². The van der Waals surface area contributed by atoms with Gasteiger partial charge in [-0.1, -0.05) is 29.8 Å². The van der Waals surface area contributed by atoms with Gasteiger partial charge < -0.3 is 5.32 Å². The summed E-state index contributed by atoms with van der Waals surface area (Å²) in [6.45, 7) is 6.04. The molecule has 1 heterocycles. The number of hydrogen-bond donors (Lipinski definition) is 1. The van der Waals surface area contributed by atoms with Gasteiger partial charge in [0.1, 0.15) is 0 Å². The van der Waals surface area contributed by atoms with Crippen molar-refractivity contribution in [1.82, 2.24) is 4.98 Å². The molecule has 0 aliphatic carbocycles. The van der Waals surface area contributed by atoms with Crippen LogP contribution >= 0.6 is 0 Å². The molecule has 110 valence electrons. The minimum absolute atomic E-state index is 0.105. The van der Waals surface area contributed by atoms with Crippen LogP contribution in [0.25, 0.3) is 10.9 Å². The Morgan fingerprint density at radius 1 is 1.00 bits per heavy atom. The summed E-state index contributed by atoms with van der Waals surface area (Å²) in [5.41, 5.74) is 5.56. The summed E-state index contributed by atoms with van der Waals surface area (Å²) in [6.07, 6.45) is 0. The number of carbonyl (C=O) groups excluding carboxylic acids is 1. The Bertz CT molecular complexity index is 854. The third-order valence-corrected chi connectivity index (χ3v) is 3.66. The smallest absolute Gasteiger partial charge is 0.255 e. The number of anilines is 1. The van der Waals surface area contributed by atoms with Crippen LogP contribution in [0.4, 0.5) is 5.69 Å². The van der Waals surface area contributed by atoms with Gasteiger partial charge in [0, 0.05) is 16.6 Å². The van der Waals surface area contributed by atoms with E-state index in [9.17, 15) is 4.79 Å². The Hall–Kier alpha value is -2.68. The van der Waals surface area contributed by atoms with Crippen molar-refractivity contribution in [2.75, 3.05) is 5.32 Å². The van der Waals surface area contributed by atoms with Gasteiger partial charge in [-0.3, -0.25) is 9.78 Å². The number of hydrogen-bond acceptors (Lipinski definition) is 2. The summed E-state index contributed by atoms with van der Waals surface area (Å²) in [4.78, 5) is 17.0. The van der Waals surface area contributed by atoms with E-state index in [-0.39, 0.29) is 5.91 Å². The zero-order valence-corrected chi connectivity index (χ0v) is 13.0. The molecule has 0 radical (unpaired) electrons. The number of pyridine rings is 1. The number of rotatable bonds is 2. The van der Waals surface area contributed by atoms with E-state index >= 15 is 0 Å². The molecule has 3 aromatic rings. The average Bonchev–Trinajstić information content (AvgIpc) is 2.49. The van der Waals surface area contributed by atoms with Gasteiger partial charge in [0.25, 0.3) is 5.91 Å². The van der Waals surface area contributed by atoms with Gasteiger partial charge in [0.2, 0.25) is 0 Å². The van der Waals surface area contributed by atoms with Crippen LogP contribution in [0, 0.1) is 20.8 Å². The molecule has 2 aromatic carbocycles. The minimum Gasteiger partial charge on any atom is -0.321 e. The van der Waals surface area contributed by atoms with Crippen molar-refractivity contribution in [3.8, 4) is 0 Å². The van der Waals surface area contributed by atoms with E-state index in [4.69, 9.17) is 0 Å². The van der Waals surface area contributed by atoms with Crippen molar-refractivity contribution in [1.29, 1.82) is 0 Å². The van der Waals surface area contributed by atoms with Crippen molar-refractivity contribution in [3.05, 3.63) is 70.9 Å². The first-order valence-corrected chi connectivity index (χ1v) is 7.29. The van der Waals surface area contributed by atoms with E-state index in [0.717, 1.165) is 33.4 Å². The number of amides is 1. The maximum atomic E-state index is 12.4. The average molecular weight is 290 g/mol. The Morgan fingerprint density at radius 3 is 2.45 bits per heavy atom. The molecular formula is C19H18N2O. The van der Waals surface area contributed by atoms with Crippen LogP contribution in [0.1, 0.15) is 27.2 Å². The number of benzene rings is 2. The minimum atomic E-state index is -0.105. The Kier molecular flexibility index (Phi) is 3.63. The molecule has 22 heavy (non-hydrogen) atoms. The lowest BCUT2D eigenvalue weighted by Crippen LogP contribution is -2.12. The summed E-state index contributed by atoms with van der Waals surface area (Å²) < 4.78 is 0. The highest BCUT2D eigenvalue weighted by molar-refractivity contribution is 6.09. The predicted octanol–water partition coefficient (Wildman–Crippen LogP) is 4.41. The van der Waals surface area contributed by atoms with Gasteiger partial charge in [-0.15, -0.1) is 0 Å². The molecule has 0 atom stereocenters. The molecule has 0 bridgehead atoms. The number of aryl methyl sites for hydroxylation is 3. The van der Waals surface area contributed by atoms with Gasteiger partial charge in [-0.2, -0.15) is 0 Å². The molecule has 1 N–H and O–H groups in total. The largest absolute Gasteiger partial charge is 0.321 e. The van der Waals surface area contributed by atoms with Crippen LogP contribution < -0.4 is 5.32 Å². The third kappa shape index (κ3) is 2.70. The van der Waals surface area contributed by atoms with E-state index in [1.165, 1.54) is 0 Å². The van der Waals surface area contributed by atoms with Crippen molar-refractivity contribution < 1.29 is 4.79 Å². The summed E-state index contributed by atoms with van der Waals surface area (Å²) in [6, 6.07) is 15.3. The van der Waals surface area contributed by atoms with Gasteiger partial charge in [0.15, 0.2) is 0 Å². The van der Waals surface area contributed by atoms with E-state index in [2.05, 4.69) is 29.4 Å². The van der Waals surface area contributed by atoms with Gasteiger partial charge in [-0.25, -0.2) is 0 Å². The summed E-state index contributed by atoms with van der Waals surface area (Å²) in [5.74, 6) is -0.105. The Balaban J connectivity index is 2.09. The quantitative estimate of drug-likeness (QED) is 0.759. The van der Waals surface area contributed by atoms with Crippen molar-refractivity contribution >= 4 is 22.5 Å². The molecule has 3 nitrogen and oxygen atoms in total. The number of fused-ring (bicyclic) bond motifs is 1. The van der Waals surface area contributed by atoms with E-state index in [1.807, 2.05) is 50.2 Å². The zero-order valence-electron chi connectivity index (χ0n) is 13.0. The van der Waals surface area contributed by atoms with Crippen molar-refractivity contribution in [2.24, 2.45) is 0 Å². The summed E-state index contributed by atoms with van der Waals surface area (Å²) in [7, 11) is 0. The van der Waals surface area contributed by atoms with Crippen LogP contribution in [0.5, 0.6) is 0 Å². The summed E-state index contributed by atoms with van der Waals surface area (Å²) >= 11 is 0. The maximum absolute atomic E-state index is 12.4. The Morgan fingerprint density at radius 2 is 1.73 bits per heavy atom. The lowest BCUT2D eigenvalue weighted by atomic mass is 10.0. The zero-order chi connectivity index (χ0) is 15.7. The number of nitrogens with one attached hydrogen (secondary N) is 1. The van der Waals surface area contributed by atoms with E-state index < -0.39 is 0 Å². The monoisotopic (exact) mass is 290 g/mol.